The molecule has 0 spiro atoms. The maximum absolute atomic E-state index is 3.68. The van der Waals surface area contributed by atoms with E-state index in [4.69, 9.17) is 0 Å². The summed E-state index contributed by atoms with van der Waals surface area (Å²) in [7, 11) is 0. The summed E-state index contributed by atoms with van der Waals surface area (Å²) in [5.74, 6) is 0.737. The Balaban J connectivity index is 0.000000902. The molecule has 1 aliphatic carbocycles. The lowest BCUT2D eigenvalue weighted by molar-refractivity contribution is 0.345. The Morgan fingerprint density at radius 1 is 1.24 bits per heavy atom. The summed E-state index contributed by atoms with van der Waals surface area (Å²) in [6.45, 7) is 1.19. The van der Waals surface area contributed by atoms with Crippen molar-refractivity contribution in [2.75, 3.05) is 6.54 Å². The van der Waals surface area contributed by atoms with Gasteiger partial charge in [-0.25, -0.2) is 0 Å². The van der Waals surface area contributed by atoms with Gasteiger partial charge in [-0.15, -0.1) is 17.0 Å². The van der Waals surface area contributed by atoms with Crippen LogP contribution in [0.3, 0.4) is 0 Å². The van der Waals surface area contributed by atoms with E-state index in [2.05, 4.69) is 34.7 Å². The number of rotatable bonds is 0. The molecule has 2 nitrogen and oxygen atoms in total. The largest absolute Gasteiger partial charge is 0.361 e. The lowest BCUT2D eigenvalue weighted by atomic mass is 9.76. The van der Waals surface area contributed by atoms with Crippen molar-refractivity contribution in [1.82, 2.24) is 10.3 Å². The van der Waals surface area contributed by atoms with Gasteiger partial charge in [-0.2, -0.15) is 0 Å². The molecule has 2 heterocycles. The van der Waals surface area contributed by atoms with Crippen LogP contribution in [0.5, 0.6) is 0 Å². The van der Waals surface area contributed by atoms with Crippen molar-refractivity contribution in [2.45, 2.75) is 31.2 Å². The van der Waals surface area contributed by atoms with Crippen LogP contribution in [0, 0.1) is 0 Å². The van der Waals surface area contributed by atoms with Gasteiger partial charge < -0.3 is 10.3 Å². The molecule has 2 atom stereocenters. The monoisotopic (exact) mass is 292 g/mol. The van der Waals surface area contributed by atoms with Crippen LogP contribution in [0.4, 0.5) is 0 Å². The lowest BCUT2D eigenvalue weighted by Gasteiger charge is -2.36. The number of aromatic nitrogens is 1. The van der Waals surface area contributed by atoms with E-state index < -0.39 is 0 Å². The Hall–Kier alpha value is -0.800. The van der Waals surface area contributed by atoms with Crippen molar-refractivity contribution in [3.05, 3.63) is 35.5 Å². The molecule has 1 aromatic carbocycles. The van der Waals surface area contributed by atoms with Crippen LogP contribution in [-0.4, -0.2) is 17.6 Å². The van der Waals surface area contributed by atoms with E-state index in [0.717, 1.165) is 5.92 Å². The Morgan fingerprint density at radius 3 is 3.12 bits per heavy atom. The second kappa shape index (κ2) is 4.14. The van der Waals surface area contributed by atoms with Gasteiger partial charge in [0, 0.05) is 29.1 Å². The summed E-state index contributed by atoms with van der Waals surface area (Å²) in [6.07, 6.45) is 6.06. The minimum Gasteiger partial charge on any atom is -0.361 e. The molecule has 0 saturated carbocycles. The average Bonchev–Trinajstić information content (AvgIpc) is 2.75. The fraction of sp³-hybridized carbons (Fsp3) is 0.429. The zero-order valence-electron chi connectivity index (χ0n) is 9.70. The minimum absolute atomic E-state index is 0. The van der Waals surface area contributed by atoms with Crippen LogP contribution in [0.25, 0.3) is 10.9 Å². The highest BCUT2D eigenvalue weighted by molar-refractivity contribution is 8.93. The molecular formula is C14H17BrN2. The second-order valence-electron chi connectivity index (χ2n) is 5.10. The molecule has 2 N–H and O–H groups in total. The van der Waals surface area contributed by atoms with E-state index in [-0.39, 0.29) is 17.0 Å². The maximum Gasteiger partial charge on any atom is 0.0459 e. The predicted molar refractivity (Wildman–Crippen MR) is 76.1 cm³/mol. The minimum atomic E-state index is 0. The molecule has 1 fully saturated rings. The fourth-order valence-electron chi connectivity index (χ4n) is 3.53. The molecule has 2 aliphatic rings. The molecule has 0 unspecified atom stereocenters. The van der Waals surface area contributed by atoms with E-state index in [0.29, 0.717) is 6.04 Å². The molecule has 1 saturated heterocycles. The molecular weight excluding hydrogens is 276 g/mol. The topological polar surface area (TPSA) is 27.8 Å². The summed E-state index contributed by atoms with van der Waals surface area (Å²) < 4.78 is 0. The first kappa shape index (κ1) is 11.3. The summed E-state index contributed by atoms with van der Waals surface area (Å²) >= 11 is 0. The molecule has 3 heteroatoms. The molecule has 17 heavy (non-hydrogen) atoms. The zero-order chi connectivity index (χ0) is 10.5. The molecule has 0 bridgehead atoms. The molecule has 90 valence electrons. The standard InChI is InChI=1S/C14H16N2.BrH/c1-3-11-10-4-2-6-15-13(10)7-9-8-16-12(5-1)14(9)11;/h1,3,5,8,10,13,15-16H,2,4,6-7H2;1H/t10-,13-;/m1./s1. The lowest BCUT2D eigenvalue weighted by Crippen LogP contribution is -2.43. The molecule has 2 aromatic rings. The summed E-state index contributed by atoms with van der Waals surface area (Å²) in [4.78, 5) is 3.40. The first-order valence-electron chi connectivity index (χ1n) is 6.26. The van der Waals surface area contributed by atoms with Crippen LogP contribution < -0.4 is 5.32 Å². The van der Waals surface area contributed by atoms with Gasteiger partial charge in [0.1, 0.15) is 0 Å². The highest BCUT2D eigenvalue weighted by atomic mass is 79.9. The highest BCUT2D eigenvalue weighted by Gasteiger charge is 2.32. The summed E-state index contributed by atoms with van der Waals surface area (Å²) in [6, 6.07) is 7.37. The predicted octanol–water partition coefficient (Wildman–Crippen LogP) is 3.14. The third-order valence-corrected chi connectivity index (χ3v) is 4.24. The van der Waals surface area contributed by atoms with Crippen molar-refractivity contribution in [3.8, 4) is 0 Å². The molecule has 0 radical (unpaired) electrons. The quantitative estimate of drug-likeness (QED) is 0.767. The third-order valence-electron chi connectivity index (χ3n) is 4.24. The van der Waals surface area contributed by atoms with Crippen LogP contribution >= 0.6 is 17.0 Å². The number of benzene rings is 1. The summed E-state index contributed by atoms with van der Waals surface area (Å²) in [5.41, 5.74) is 4.38. The number of hydrogen-bond donors (Lipinski definition) is 2. The molecule has 1 aromatic heterocycles. The second-order valence-corrected chi connectivity index (χ2v) is 5.10. The van der Waals surface area contributed by atoms with Crippen LogP contribution in [0.15, 0.2) is 24.4 Å². The van der Waals surface area contributed by atoms with Gasteiger partial charge in [-0.3, -0.25) is 0 Å². The number of aromatic amines is 1. The van der Waals surface area contributed by atoms with Gasteiger partial charge >= 0.3 is 0 Å². The average molecular weight is 293 g/mol. The highest BCUT2D eigenvalue weighted by Crippen LogP contribution is 2.40. The fourth-order valence-corrected chi connectivity index (χ4v) is 3.53. The van der Waals surface area contributed by atoms with Gasteiger partial charge in [0.05, 0.1) is 0 Å². The van der Waals surface area contributed by atoms with Gasteiger partial charge in [0.15, 0.2) is 0 Å². The SMILES string of the molecule is Br.c1cc2c3c(c[nH]c3c1)C[C@H]1NCCC[C@H]21. The van der Waals surface area contributed by atoms with Gasteiger partial charge in [0.25, 0.3) is 0 Å². The van der Waals surface area contributed by atoms with E-state index >= 15 is 0 Å². The van der Waals surface area contributed by atoms with Crippen molar-refractivity contribution in [2.24, 2.45) is 0 Å². The van der Waals surface area contributed by atoms with E-state index in [1.165, 1.54) is 42.3 Å². The van der Waals surface area contributed by atoms with Crippen molar-refractivity contribution in [1.29, 1.82) is 0 Å². The van der Waals surface area contributed by atoms with Crippen molar-refractivity contribution >= 4 is 27.9 Å². The summed E-state index contributed by atoms with van der Waals surface area (Å²) in [5, 5.41) is 5.19. The Bertz CT molecular complexity index is 546. The van der Waals surface area contributed by atoms with Crippen molar-refractivity contribution < 1.29 is 0 Å². The van der Waals surface area contributed by atoms with Crippen molar-refractivity contribution in [3.63, 3.8) is 0 Å². The number of fused-ring (bicyclic) bond motifs is 2. The Kier molecular flexibility index (Phi) is 2.75. The Morgan fingerprint density at radius 2 is 2.18 bits per heavy atom. The number of nitrogens with one attached hydrogen (secondary N) is 2. The number of hydrogen-bond acceptors (Lipinski definition) is 1. The maximum atomic E-state index is 3.68. The Labute approximate surface area is 112 Å². The first-order chi connectivity index (χ1) is 7.93. The number of piperidine rings is 1. The van der Waals surface area contributed by atoms with Gasteiger partial charge in [-0.05, 0) is 43.0 Å². The normalized spacial score (nSPS) is 26.4. The van der Waals surface area contributed by atoms with E-state index in [9.17, 15) is 0 Å². The first-order valence-corrected chi connectivity index (χ1v) is 6.26. The van der Waals surface area contributed by atoms with Gasteiger partial charge in [-0.1, -0.05) is 12.1 Å². The molecule has 4 rings (SSSR count). The van der Waals surface area contributed by atoms with E-state index in [1.807, 2.05) is 0 Å². The number of halogens is 1. The van der Waals surface area contributed by atoms with Crippen LogP contribution in [0.1, 0.15) is 29.9 Å². The third kappa shape index (κ3) is 1.56. The number of H-pyrrole nitrogens is 1. The van der Waals surface area contributed by atoms with Crippen LogP contribution in [-0.2, 0) is 6.42 Å². The zero-order valence-corrected chi connectivity index (χ0v) is 11.4. The van der Waals surface area contributed by atoms with Crippen LogP contribution in [0.2, 0.25) is 0 Å². The molecule has 0 amide bonds. The van der Waals surface area contributed by atoms with E-state index in [1.54, 1.807) is 5.56 Å². The molecule has 1 aliphatic heterocycles. The van der Waals surface area contributed by atoms with Gasteiger partial charge in [0.2, 0.25) is 0 Å². The smallest absolute Gasteiger partial charge is 0.0459 e.